The molecule has 1 fully saturated rings. The van der Waals surface area contributed by atoms with Crippen LogP contribution in [0, 0.1) is 5.92 Å². The van der Waals surface area contributed by atoms with Crippen LogP contribution in [-0.2, 0) is 23.1 Å². The molecule has 0 aromatic carbocycles. The summed E-state index contributed by atoms with van der Waals surface area (Å²) in [7, 11) is 1.89. The Hall–Kier alpha value is -1.36. The Labute approximate surface area is 133 Å². The van der Waals surface area contributed by atoms with Gasteiger partial charge in [0.25, 0.3) is 0 Å². The molecular formula is C17H29N3O2. The average molecular weight is 307 g/mol. The van der Waals surface area contributed by atoms with Crippen LogP contribution in [0.4, 0.5) is 0 Å². The quantitative estimate of drug-likeness (QED) is 0.812. The molecule has 1 aliphatic carbocycles. The third kappa shape index (κ3) is 4.83. The molecule has 0 bridgehead atoms. The first kappa shape index (κ1) is 17.0. The molecular weight excluding hydrogens is 278 g/mol. The minimum atomic E-state index is 0.0667. The summed E-state index contributed by atoms with van der Waals surface area (Å²) < 4.78 is 7.64. The Bertz CT molecular complexity index is 484. The molecule has 0 unspecified atom stereocenters. The molecule has 1 aromatic rings. The van der Waals surface area contributed by atoms with Crippen LogP contribution in [0.25, 0.3) is 0 Å². The van der Waals surface area contributed by atoms with Crippen LogP contribution < -0.4 is 0 Å². The van der Waals surface area contributed by atoms with Gasteiger partial charge in [-0.25, -0.2) is 0 Å². The van der Waals surface area contributed by atoms with E-state index >= 15 is 0 Å². The van der Waals surface area contributed by atoms with E-state index in [1.54, 1.807) is 4.68 Å². The lowest BCUT2D eigenvalue weighted by molar-refractivity contribution is -0.141. The van der Waals surface area contributed by atoms with E-state index in [0.29, 0.717) is 12.5 Å². The highest BCUT2D eigenvalue weighted by atomic mass is 16.5. The highest BCUT2D eigenvalue weighted by molar-refractivity contribution is 5.77. The zero-order valence-corrected chi connectivity index (χ0v) is 14.3. The van der Waals surface area contributed by atoms with Crippen molar-refractivity contribution < 1.29 is 9.53 Å². The van der Waals surface area contributed by atoms with E-state index in [9.17, 15) is 4.79 Å². The van der Waals surface area contributed by atoms with E-state index in [1.165, 1.54) is 12.8 Å². The summed E-state index contributed by atoms with van der Waals surface area (Å²) in [6, 6.07) is 0.154. The monoisotopic (exact) mass is 307 g/mol. The van der Waals surface area contributed by atoms with Crippen molar-refractivity contribution in [3.63, 3.8) is 0 Å². The molecule has 1 aromatic heterocycles. The number of hydrogen-bond acceptors (Lipinski definition) is 3. The van der Waals surface area contributed by atoms with Crippen molar-refractivity contribution in [3.05, 3.63) is 18.0 Å². The molecule has 1 aliphatic rings. The van der Waals surface area contributed by atoms with Gasteiger partial charge in [-0.3, -0.25) is 9.48 Å². The normalized spacial score (nSPS) is 22.0. The molecule has 1 saturated carbocycles. The lowest BCUT2D eigenvalue weighted by atomic mass is 9.89. The highest BCUT2D eigenvalue weighted by Crippen LogP contribution is 2.25. The zero-order chi connectivity index (χ0) is 16.1. The molecule has 5 heteroatoms. The Morgan fingerprint density at radius 3 is 2.86 bits per heavy atom. The first-order valence-corrected chi connectivity index (χ1v) is 8.34. The third-order valence-electron chi connectivity index (χ3n) is 4.39. The van der Waals surface area contributed by atoms with E-state index in [-0.39, 0.29) is 24.7 Å². The molecule has 2 rings (SSSR count). The van der Waals surface area contributed by atoms with Crippen LogP contribution in [0.1, 0.15) is 52.0 Å². The van der Waals surface area contributed by atoms with E-state index < -0.39 is 0 Å². The fourth-order valence-corrected chi connectivity index (χ4v) is 3.11. The summed E-state index contributed by atoms with van der Waals surface area (Å²) in [5.74, 6) is 0.780. The van der Waals surface area contributed by atoms with Crippen molar-refractivity contribution in [1.82, 2.24) is 14.7 Å². The van der Waals surface area contributed by atoms with Crippen LogP contribution in [0.3, 0.4) is 0 Å². The molecule has 5 nitrogen and oxygen atoms in total. The van der Waals surface area contributed by atoms with Gasteiger partial charge < -0.3 is 9.64 Å². The van der Waals surface area contributed by atoms with Gasteiger partial charge in [-0.2, -0.15) is 5.10 Å². The maximum atomic E-state index is 12.5. The zero-order valence-electron chi connectivity index (χ0n) is 14.3. The van der Waals surface area contributed by atoms with Gasteiger partial charge in [0.2, 0.25) is 5.91 Å². The number of amides is 1. The number of ether oxygens (including phenoxy) is 1. The van der Waals surface area contributed by atoms with Crippen LogP contribution in [0.15, 0.2) is 12.4 Å². The second-order valence-electron chi connectivity index (χ2n) is 6.84. The first-order valence-electron chi connectivity index (χ1n) is 8.34. The van der Waals surface area contributed by atoms with Crippen molar-refractivity contribution in [3.8, 4) is 0 Å². The maximum Gasteiger partial charge on any atom is 0.249 e. The van der Waals surface area contributed by atoms with Crippen molar-refractivity contribution in [2.24, 2.45) is 13.0 Å². The van der Waals surface area contributed by atoms with E-state index in [2.05, 4.69) is 12.0 Å². The predicted molar refractivity (Wildman–Crippen MR) is 86.3 cm³/mol. The summed E-state index contributed by atoms with van der Waals surface area (Å²) in [6.45, 7) is 7.12. The topological polar surface area (TPSA) is 47.4 Å². The lowest BCUT2D eigenvalue weighted by Gasteiger charge is -2.29. The van der Waals surface area contributed by atoms with Gasteiger partial charge in [0.1, 0.15) is 6.61 Å². The smallest absolute Gasteiger partial charge is 0.249 e. The first-order chi connectivity index (χ1) is 10.5. The lowest BCUT2D eigenvalue weighted by Crippen LogP contribution is -2.39. The van der Waals surface area contributed by atoms with Crippen LogP contribution in [0.5, 0.6) is 0 Å². The Morgan fingerprint density at radius 1 is 1.50 bits per heavy atom. The number of carbonyl (C=O) groups is 1. The van der Waals surface area contributed by atoms with Gasteiger partial charge in [0, 0.05) is 31.4 Å². The van der Waals surface area contributed by atoms with Crippen LogP contribution >= 0.6 is 0 Å². The molecule has 1 heterocycles. The standard InChI is InChI=1S/C17H29N3O2/c1-13(2)20(11-15-9-18-19(4)10-15)17(21)12-22-16-7-5-6-14(3)8-16/h9-10,13-14,16H,5-8,11-12H2,1-4H3/t14-,16-/m1/s1. The second kappa shape index (κ2) is 7.77. The average Bonchev–Trinajstić information content (AvgIpc) is 2.87. The SMILES string of the molecule is CC(C)N(Cc1cnn(C)c1)C(=O)CO[C@@H]1CCC[C@@H](C)C1. The Balaban J connectivity index is 1.86. The van der Waals surface area contributed by atoms with E-state index in [4.69, 9.17) is 4.74 Å². The largest absolute Gasteiger partial charge is 0.368 e. The molecule has 0 spiro atoms. The van der Waals surface area contributed by atoms with Crippen molar-refractivity contribution in [2.75, 3.05) is 6.61 Å². The van der Waals surface area contributed by atoms with Crippen molar-refractivity contribution >= 4 is 5.91 Å². The number of carbonyl (C=O) groups excluding carboxylic acids is 1. The second-order valence-corrected chi connectivity index (χ2v) is 6.84. The predicted octanol–water partition coefficient (Wildman–Crippen LogP) is 2.75. The molecule has 0 N–H and O–H groups in total. The molecule has 124 valence electrons. The summed E-state index contributed by atoms with van der Waals surface area (Å²) in [6.07, 6.45) is 8.68. The van der Waals surface area contributed by atoms with Gasteiger partial charge in [-0.05, 0) is 32.6 Å². The van der Waals surface area contributed by atoms with Crippen LogP contribution in [0.2, 0.25) is 0 Å². The highest BCUT2D eigenvalue weighted by Gasteiger charge is 2.23. The van der Waals surface area contributed by atoms with E-state index in [1.807, 2.05) is 38.2 Å². The fraction of sp³-hybridized carbons (Fsp3) is 0.765. The van der Waals surface area contributed by atoms with Gasteiger partial charge >= 0.3 is 0 Å². The molecule has 2 atom stereocenters. The molecule has 1 amide bonds. The third-order valence-corrected chi connectivity index (χ3v) is 4.39. The van der Waals surface area contributed by atoms with Gasteiger partial charge in [-0.1, -0.05) is 19.8 Å². The van der Waals surface area contributed by atoms with Crippen LogP contribution in [-0.4, -0.2) is 39.3 Å². The Morgan fingerprint density at radius 2 is 2.27 bits per heavy atom. The summed E-state index contributed by atoms with van der Waals surface area (Å²) in [4.78, 5) is 14.4. The molecule has 22 heavy (non-hydrogen) atoms. The Kier molecular flexibility index (Phi) is 6.00. The maximum absolute atomic E-state index is 12.5. The van der Waals surface area contributed by atoms with E-state index in [0.717, 1.165) is 18.4 Å². The van der Waals surface area contributed by atoms with Gasteiger partial charge in [0.05, 0.1) is 12.3 Å². The number of aryl methyl sites for hydroxylation is 1. The molecule has 0 radical (unpaired) electrons. The number of nitrogens with zero attached hydrogens (tertiary/aromatic N) is 3. The number of hydrogen-bond donors (Lipinski definition) is 0. The summed E-state index contributed by atoms with van der Waals surface area (Å²) in [5, 5.41) is 4.16. The fourth-order valence-electron chi connectivity index (χ4n) is 3.11. The minimum Gasteiger partial charge on any atom is -0.368 e. The summed E-state index contributed by atoms with van der Waals surface area (Å²) >= 11 is 0. The molecule has 0 saturated heterocycles. The van der Waals surface area contributed by atoms with Gasteiger partial charge in [0.15, 0.2) is 0 Å². The molecule has 0 aliphatic heterocycles. The minimum absolute atomic E-state index is 0.0667. The van der Waals surface area contributed by atoms with Gasteiger partial charge in [-0.15, -0.1) is 0 Å². The number of aromatic nitrogens is 2. The summed E-state index contributed by atoms with van der Waals surface area (Å²) in [5.41, 5.74) is 1.05. The number of rotatable bonds is 6. The van der Waals surface area contributed by atoms with Crippen molar-refractivity contribution in [2.45, 2.75) is 65.1 Å². The van der Waals surface area contributed by atoms with Crippen molar-refractivity contribution in [1.29, 1.82) is 0 Å².